The van der Waals surface area contributed by atoms with Gasteiger partial charge < -0.3 is 19.9 Å². The summed E-state index contributed by atoms with van der Waals surface area (Å²) in [6.45, 7) is 6.08. The van der Waals surface area contributed by atoms with Crippen LogP contribution in [-0.2, 0) is 9.47 Å². The van der Waals surface area contributed by atoms with Crippen molar-refractivity contribution >= 4 is 0 Å². The average molecular weight is 229 g/mol. The molecule has 1 heterocycles. The molecule has 0 aromatic rings. The summed E-state index contributed by atoms with van der Waals surface area (Å²) in [5.41, 5.74) is -0.670. The Bertz CT molecular complexity index is 230. The zero-order chi connectivity index (χ0) is 11.6. The van der Waals surface area contributed by atoms with Gasteiger partial charge in [0.15, 0.2) is 0 Å². The lowest BCUT2D eigenvalue weighted by atomic mass is 9.87. The molecule has 4 nitrogen and oxygen atoms in total. The Labute approximate surface area is 97.3 Å². The molecule has 0 spiro atoms. The summed E-state index contributed by atoms with van der Waals surface area (Å²) in [6, 6.07) is 0.508. The van der Waals surface area contributed by atoms with E-state index in [1.54, 1.807) is 0 Å². The molecule has 1 saturated heterocycles. The molecule has 2 unspecified atom stereocenters. The molecule has 1 aliphatic heterocycles. The van der Waals surface area contributed by atoms with Crippen molar-refractivity contribution in [2.75, 3.05) is 19.8 Å². The van der Waals surface area contributed by atoms with Crippen molar-refractivity contribution in [2.24, 2.45) is 0 Å². The Morgan fingerprint density at radius 2 is 2.25 bits per heavy atom. The highest BCUT2D eigenvalue weighted by Gasteiger charge is 2.40. The van der Waals surface area contributed by atoms with Crippen LogP contribution in [0, 0.1) is 0 Å². The fourth-order valence-corrected chi connectivity index (χ4v) is 2.43. The molecule has 2 rings (SSSR count). The van der Waals surface area contributed by atoms with E-state index < -0.39 is 5.60 Å². The summed E-state index contributed by atoms with van der Waals surface area (Å²) in [7, 11) is 0. The number of hydrogen-bond donors (Lipinski definition) is 2. The standard InChI is InChI=1S/C12H23NO3/c1-3-15-11-6-10(7-11)13-8-12(14)4-5-16-9(12)2/h9-11,13-14H,3-8H2,1-2H3. The average Bonchev–Trinajstić information content (AvgIpc) is 2.51. The van der Waals surface area contributed by atoms with Crippen LogP contribution in [0.3, 0.4) is 0 Å². The summed E-state index contributed by atoms with van der Waals surface area (Å²) >= 11 is 0. The third-order valence-electron chi connectivity index (χ3n) is 3.85. The first-order chi connectivity index (χ1) is 7.64. The van der Waals surface area contributed by atoms with Crippen molar-refractivity contribution < 1.29 is 14.6 Å². The van der Waals surface area contributed by atoms with Crippen molar-refractivity contribution in [3.8, 4) is 0 Å². The molecular formula is C12H23NO3. The molecule has 16 heavy (non-hydrogen) atoms. The van der Waals surface area contributed by atoms with Crippen molar-refractivity contribution in [1.82, 2.24) is 5.32 Å². The molecular weight excluding hydrogens is 206 g/mol. The summed E-state index contributed by atoms with van der Waals surface area (Å²) in [5.74, 6) is 0. The lowest BCUT2D eigenvalue weighted by Crippen LogP contribution is -2.53. The first-order valence-electron chi connectivity index (χ1n) is 6.33. The minimum atomic E-state index is -0.670. The van der Waals surface area contributed by atoms with Crippen LogP contribution < -0.4 is 5.32 Å². The Balaban J connectivity index is 1.65. The molecule has 2 N–H and O–H groups in total. The fourth-order valence-electron chi connectivity index (χ4n) is 2.43. The van der Waals surface area contributed by atoms with Crippen molar-refractivity contribution in [2.45, 2.75) is 57.0 Å². The SMILES string of the molecule is CCOC1CC(NCC2(O)CCOC2C)C1. The van der Waals surface area contributed by atoms with E-state index in [1.165, 1.54) is 0 Å². The molecule has 0 aromatic heterocycles. The molecule has 94 valence electrons. The number of rotatable bonds is 5. The van der Waals surface area contributed by atoms with E-state index in [4.69, 9.17) is 9.47 Å². The smallest absolute Gasteiger partial charge is 0.105 e. The molecule has 0 aromatic carbocycles. The molecule has 0 radical (unpaired) electrons. The number of aliphatic hydroxyl groups is 1. The molecule has 2 fully saturated rings. The van der Waals surface area contributed by atoms with Crippen molar-refractivity contribution in [3.63, 3.8) is 0 Å². The summed E-state index contributed by atoms with van der Waals surface area (Å²) in [5, 5.41) is 13.7. The van der Waals surface area contributed by atoms with E-state index in [2.05, 4.69) is 5.32 Å². The number of hydrogen-bond acceptors (Lipinski definition) is 4. The maximum Gasteiger partial charge on any atom is 0.105 e. The van der Waals surface area contributed by atoms with Gasteiger partial charge in [-0.25, -0.2) is 0 Å². The second-order valence-electron chi connectivity index (χ2n) is 4.99. The minimum absolute atomic E-state index is 0.0530. The Kier molecular flexibility index (Phi) is 3.85. The van der Waals surface area contributed by atoms with Crippen LogP contribution in [0.1, 0.15) is 33.1 Å². The molecule has 4 heteroatoms. The summed E-state index contributed by atoms with van der Waals surface area (Å²) < 4.78 is 10.9. The third kappa shape index (κ3) is 2.56. The molecule has 1 aliphatic carbocycles. The molecule has 0 bridgehead atoms. The molecule has 1 saturated carbocycles. The lowest BCUT2D eigenvalue weighted by molar-refractivity contribution is -0.0425. The zero-order valence-corrected chi connectivity index (χ0v) is 10.2. The van der Waals surface area contributed by atoms with Gasteiger partial charge in [0.1, 0.15) is 5.60 Å². The van der Waals surface area contributed by atoms with E-state index in [0.29, 0.717) is 25.3 Å². The first kappa shape index (κ1) is 12.3. The van der Waals surface area contributed by atoms with Crippen LogP contribution in [0.4, 0.5) is 0 Å². The van der Waals surface area contributed by atoms with Gasteiger partial charge in [-0.2, -0.15) is 0 Å². The minimum Gasteiger partial charge on any atom is -0.386 e. The van der Waals surface area contributed by atoms with E-state index in [0.717, 1.165) is 25.9 Å². The van der Waals surface area contributed by atoms with E-state index >= 15 is 0 Å². The van der Waals surface area contributed by atoms with Gasteiger partial charge in [0.05, 0.1) is 12.2 Å². The van der Waals surface area contributed by atoms with Crippen LogP contribution in [0.25, 0.3) is 0 Å². The Hall–Kier alpha value is -0.160. The first-order valence-corrected chi connectivity index (χ1v) is 6.33. The third-order valence-corrected chi connectivity index (χ3v) is 3.85. The second kappa shape index (κ2) is 5.00. The van der Waals surface area contributed by atoms with Gasteiger partial charge in [0, 0.05) is 32.2 Å². The highest BCUT2D eigenvalue weighted by molar-refractivity contribution is 4.95. The van der Waals surface area contributed by atoms with Gasteiger partial charge in [-0.15, -0.1) is 0 Å². The largest absolute Gasteiger partial charge is 0.386 e. The second-order valence-corrected chi connectivity index (χ2v) is 4.99. The summed E-state index contributed by atoms with van der Waals surface area (Å²) in [4.78, 5) is 0. The van der Waals surface area contributed by atoms with Crippen molar-refractivity contribution in [1.29, 1.82) is 0 Å². The topological polar surface area (TPSA) is 50.7 Å². The summed E-state index contributed by atoms with van der Waals surface area (Å²) in [6.07, 6.45) is 3.25. The highest BCUT2D eigenvalue weighted by atomic mass is 16.5. The van der Waals surface area contributed by atoms with E-state index in [-0.39, 0.29) is 6.10 Å². The van der Waals surface area contributed by atoms with Crippen molar-refractivity contribution in [3.05, 3.63) is 0 Å². The van der Waals surface area contributed by atoms with E-state index in [1.807, 2.05) is 13.8 Å². The maximum atomic E-state index is 10.3. The predicted octanol–water partition coefficient (Wildman–Crippen LogP) is 0.683. The molecule has 2 atom stereocenters. The van der Waals surface area contributed by atoms with Crippen LogP contribution in [-0.4, -0.2) is 48.7 Å². The predicted molar refractivity (Wildman–Crippen MR) is 61.4 cm³/mol. The van der Waals surface area contributed by atoms with Crippen LogP contribution in [0.5, 0.6) is 0 Å². The maximum absolute atomic E-state index is 10.3. The van der Waals surface area contributed by atoms with Gasteiger partial charge in [-0.1, -0.05) is 0 Å². The van der Waals surface area contributed by atoms with Crippen LogP contribution in [0.15, 0.2) is 0 Å². The molecule has 0 amide bonds. The highest BCUT2D eigenvalue weighted by Crippen LogP contribution is 2.27. The van der Waals surface area contributed by atoms with Crippen LogP contribution >= 0.6 is 0 Å². The Morgan fingerprint density at radius 3 is 2.81 bits per heavy atom. The zero-order valence-electron chi connectivity index (χ0n) is 10.2. The Morgan fingerprint density at radius 1 is 1.50 bits per heavy atom. The van der Waals surface area contributed by atoms with Gasteiger partial charge in [-0.05, 0) is 26.7 Å². The lowest BCUT2D eigenvalue weighted by Gasteiger charge is -2.38. The monoisotopic (exact) mass is 229 g/mol. The van der Waals surface area contributed by atoms with Gasteiger partial charge in [0.25, 0.3) is 0 Å². The number of ether oxygens (including phenoxy) is 2. The van der Waals surface area contributed by atoms with Gasteiger partial charge in [0.2, 0.25) is 0 Å². The quantitative estimate of drug-likeness (QED) is 0.728. The number of nitrogens with one attached hydrogen (secondary N) is 1. The van der Waals surface area contributed by atoms with Gasteiger partial charge in [-0.3, -0.25) is 0 Å². The van der Waals surface area contributed by atoms with Crippen LogP contribution in [0.2, 0.25) is 0 Å². The fraction of sp³-hybridized carbons (Fsp3) is 1.00. The van der Waals surface area contributed by atoms with E-state index in [9.17, 15) is 5.11 Å². The molecule has 2 aliphatic rings. The van der Waals surface area contributed by atoms with Gasteiger partial charge >= 0.3 is 0 Å². The normalized spacial score (nSPS) is 43.3.